The summed E-state index contributed by atoms with van der Waals surface area (Å²) < 4.78 is 5.29. The highest BCUT2D eigenvalue weighted by Crippen LogP contribution is 2.41. The van der Waals surface area contributed by atoms with Gasteiger partial charge in [-0.1, -0.05) is 25.5 Å². The van der Waals surface area contributed by atoms with Crippen LogP contribution in [0.2, 0.25) is 0 Å². The van der Waals surface area contributed by atoms with Crippen LogP contribution in [0.3, 0.4) is 0 Å². The summed E-state index contributed by atoms with van der Waals surface area (Å²) in [5, 5.41) is 10.2. The van der Waals surface area contributed by atoms with Crippen molar-refractivity contribution in [2.75, 3.05) is 33.3 Å². The largest absolute Gasteiger partial charge is 0.497 e. The summed E-state index contributed by atoms with van der Waals surface area (Å²) >= 11 is 0. The zero-order valence-electron chi connectivity index (χ0n) is 16.6. The van der Waals surface area contributed by atoms with Crippen LogP contribution in [0, 0.1) is 0 Å². The van der Waals surface area contributed by atoms with E-state index in [0.29, 0.717) is 32.6 Å². The molecule has 0 saturated carbocycles. The fourth-order valence-electron chi connectivity index (χ4n) is 4.85. The number of benzene rings is 1. The number of unbranched alkanes of at least 4 members (excludes halogenated alkanes) is 1. The van der Waals surface area contributed by atoms with Gasteiger partial charge >= 0.3 is 0 Å². The average molecular weight is 387 g/mol. The number of aliphatic hydroxyl groups excluding tert-OH is 1. The number of likely N-dealkylation sites (tertiary alicyclic amines) is 1. The summed E-state index contributed by atoms with van der Waals surface area (Å²) in [6.45, 7) is 4.84. The van der Waals surface area contributed by atoms with E-state index in [4.69, 9.17) is 4.74 Å². The van der Waals surface area contributed by atoms with E-state index in [-0.39, 0.29) is 17.9 Å². The highest BCUT2D eigenvalue weighted by molar-refractivity contribution is 6.06. The third-order valence-corrected chi connectivity index (χ3v) is 6.27. The van der Waals surface area contributed by atoms with Crippen LogP contribution in [-0.4, -0.2) is 82.6 Å². The highest BCUT2D eigenvalue weighted by atomic mass is 16.5. The minimum Gasteiger partial charge on any atom is -0.497 e. The van der Waals surface area contributed by atoms with Gasteiger partial charge in [-0.3, -0.25) is 24.3 Å². The first-order chi connectivity index (χ1) is 13.5. The van der Waals surface area contributed by atoms with Crippen molar-refractivity contribution in [3.63, 3.8) is 0 Å². The Hall–Kier alpha value is -1.96. The fraction of sp³-hybridized carbons (Fsp3) is 0.619. The van der Waals surface area contributed by atoms with Gasteiger partial charge in [0.15, 0.2) is 0 Å². The molecule has 1 aromatic rings. The molecule has 3 aliphatic rings. The minimum absolute atomic E-state index is 0.0850. The maximum atomic E-state index is 13.3. The number of ether oxygens (including phenoxy) is 1. The van der Waals surface area contributed by atoms with Crippen LogP contribution in [0.1, 0.15) is 31.7 Å². The van der Waals surface area contributed by atoms with Gasteiger partial charge < -0.3 is 9.84 Å². The van der Waals surface area contributed by atoms with Crippen LogP contribution in [0.4, 0.5) is 0 Å². The van der Waals surface area contributed by atoms with Gasteiger partial charge in [0, 0.05) is 32.7 Å². The molecule has 7 heteroatoms. The van der Waals surface area contributed by atoms with E-state index in [1.807, 2.05) is 23.1 Å². The number of amides is 2. The molecule has 1 spiro atoms. The topological polar surface area (TPSA) is 73.3 Å². The number of rotatable bonds is 6. The molecule has 0 bridgehead atoms. The van der Waals surface area contributed by atoms with Crippen molar-refractivity contribution in [3.8, 4) is 5.75 Å². The number of hydrogen-bond acceptors (Lipinski definition) is 6. The number of nitrogens with zero attached hydrogens (tertiary/aromatic N) is 3. The summed E-state index contributed by atoms with van der Waals surface area (Å²) in [4.78, 5) is 31.9. The second kappa shape index (κ2) is 7.46. The summed E-state index contributed by atoms with van der Waals surface area (Å²) in [7, 11) is 1.65. The lowest BCUT2D eigenvalue weighted by Crippen LogP contribution is -2.81. The average Bonchev–Trinajstić information content (AvgIpc) is 3.06. The van der Waals surface area contributed by atoms with Gasteiger partial charge in [-0.15, -0.1) is 0 Å². The molecule has 3 saturated heterocycles. The van der Waals surface area contributed by atoms with Crippen molar-refractivity contribution in [2.45, 2.75) is 50.4 Å². The molecule has 1 N–H and O–H groups in total. The smallest absolute Gasteiger partial charge is 0.252 e. The molecular formula is C21H29N3O4. The number of piperazine rings is 1. The predicted octanol–water partition coefficient (Wildman–Crippen LogP) is 0.854. The van der Waals surface area contributed by atoms with Gasteiger partial charge in [-0.2, -0.15) is 0 Å². The van der Waals surface area contributed by atoms with Crippen molar-refractivity contribution in [1.82, 2.24) is 14.7 Å². The molecule has 2 atom stereocenters. The molecule has 2 unspecified atom stereocenters. The number of methoxy groups -OCH3 is 1. The van der Waals surface area contributed by atoms with Gasteiger partial charge in [0.25, 0.3) is 5.91 Å². The quantitative estimate of drug-likeness (QED) is 0.730. The Balaban J connectivity index is 1.52. The van der Waals surface area contributed by atoms with Crippen molar-refractivity contribution in [2.24, 2.45) is 0 Å². The van der Waals surface area contributed by atoms with Crippen molar-refractivity contribution >= 4 is 11.8 Å². The lowest BCUT2D eigenvalue weighted by Gasteiger charge is -2.58. The second-order valence-corrected chi connectivity index (χ2v) is 8.23. The summed E-state index contributed by atoms with van der Waals surface area (Å²) in [6.07, 6.45) is 1.63. The molecule has 1 aromatic carbocycles. The Labute approximate surface area is 165 Å². The van der Waals surface area contributed by atoms with E-state index in [1.165, 1.54) is 4.90 Å². The van der Waals surface area contributed by atoms with Crippen molar-refractivity contribution < 1.29 is 19.4 Å². The number of carbonyl (C=O) groups is 2. The fourth-order valence-corrected chi connectivity index (χ4v) is 4.85. The van der Waals surface area contributed by atoms with Crippen LogP contribution in [0.25, 0.3) is 0 Å². The number of imide groups is 1. The Morgan fingerprint density at radius 3 is 2.79 bits per heavy atom. The number of aliphatic hydroxyl groups is 1. The van der Waals surface area contributed by atoms with Gasteiger partial charge in [0.05, 0.1) is 19.3 Å². The molecule has 3 heterocycles. The first-order valence-electron chi connectivity index (χ1n) is 10.1. The molecule has 152 valence electrons. The molecule has 7 nitrogen and oxygen atoms in total. The zero-order valence-corrected chi connectivity index (χ0v) is 16.6. The first kappa shape index (κ1) is 19.4. The number of fused-ring (bicyclic) bond motifs is 2. The van der Waals surface area contributed by atoms with Crippen LogP contribution in [0.15, 0.2) is 24.3 Å². The van der Waals surface area contributed by atoms with E-state index in [9.17, 15) is 14.7 Å². The SMILES string of the molecule is CCCCN1C(=O)C2CC(O)CN2C2(CN(Cc3cccc(OC)c3)C2)C1=O. The van der Waals surface area contributed by atoms with Crippen LogP contribution < -0.4 is 4.74 Å². The van der Waals surface area contributed by atoms with Gasteiger partial charge in [0.1, 0.15) is 11.3 Å². The normalized spacial score (nSPS) is 27.2. The maximum absolute atomic E-state index is 13.3. The van der Waals surface area contributed by atoms with Gasteiger partial charge in [0.2, 0.25) is 5.91 Å². The van der Waals surface area contributed by atoms with Crippen LogP contribution >= 0.6 is 0 Å². The number of β-amino-alcohol motifs (C(OH)–C–C–N with tert-alkyl or cyclic N) is 1. The Morgan fingerprint density at radius 1 is 1.29 bits per heavy atom. The first-order valence-corrected chi connectivity index (χ1v) is 10.1. The van der Waals surface area contributed by atoms with Crippen LogP contribution in [-0.2, 0) is 16.1 Å². The summed E-state index contributed by atoms with van der Waals surface area (Å²) in [5.74, 6) is 0.602. The molecule has 4 rings (SSSR count). The summed E-state index contributed by atoms with van der Waals surface area (Å²) in [6, 6.07) is 7.57. The molecule has 3 fully saturated rings. The zero-order chi connectivity index (χ0) is 19.9. The van der Waals surface area contributed by atoms with Crippen molar-refractivity contribution in [3.05, 3.63) is 29.8 Å². The minimum atomic E-state index is -0.678. The molecule has 0 aromatic heterocycles. The molecule has 28 heavy (non-hydrogen) atoms. The molecule has 2 amide bonds. The van der Waals surface area contributed by atoms with Gasteiger partial charge in [-0.25, -0.2) is 0 Å². The monoisotopic (exact) mass is 387 g/mol. The molecule has 3 aliphatic heterocycles. The predicted molar refractivity (Wildman–Crippen MR) is 104 cm³/mol. The van der Waals surface area contributed by atoms with E-state index in [2.05, 4.69) is 17.9 Å². The Morgan fingerprint density at radius 2 is 2.07 bits per heavy atom. The number of hydrogen-bond donors (Lipinski definition) is 1. The van der Waals surface area contributed by atoms with Gasteiger partial charge in [-0.05, 0) is 30.5 Å². The van der Waals surface area contributed by atoms with E-state index < -0.39 is 11.6 Å². The van der Waals surface area contributed by atoms with E-state index in [1.54, 1.807) is 7.11 Å². The third-order valence-electron chi connectivity index (χ3n) is 6.27. The number of carbonyl (C=O) groups excluding carboxylic acids is 2. The lowest BCUT2D eigenvalue weighted by molar-refractivity contribution is -0.180. The lowest BCUT2D eigenvalue weighted by atomic mass is 9.82. The van der Waals surface area contributed by atoms with E-state index >= 15 is 0 Å². The van der Waals surface area contributed by atoms with E-state index in [0.717, 1.165) is 30.7 Å². The Kier molecular flexibility index (Phi) is 5.16. The Bertz CT molecular complexity index is 762. The maximum Gasteiger partial charge on any atom is 0.252 e. The molecule has 0 radical (unpaired) electrons. The second-order valence-electron chi connectivity index (χ2n) is 8.23. The molecular weight excluding hydrogens is 358 g/mol. The third kappa shape index (κ3) is 3.11. The standard InChI is InChI=1S/C21H29N3O4/c1-3-4-8-23-19(26)18-10-16(25)12-24(18)21(20(23)27)13-22(14-21)11-15-6-5-7-17(9-15)28-2/h5-7,9,16,18,25H,3-4,8,10-14H2,1-2H3. The summed E-state index contributed by atoms with van der Waals surface area (Å²) in [5.41, 5.74) is 0.456. The molecule has 0 aliphatic carbocycles. The van der Waals surface area contributed by atoms with Crippen LogP contribution in [0.5, 0.6) is 5.75 Å². The highest BCUT2D eigenvalue weighted by Gasteiger charge is 2.63. The van der Waals surface area contributed by atoms with Crippen molar-refractivity contribution in [1.29, 1.82) is 0 Å².